The fourth-order valence-corrected chi connectivity index (χ4v) is 8.82. The summed E-state index contributed by atoms with van der Waals surface area (Å²) in [7, 11) is -4.37. The SMILES string of the molecule is CCCCCCCCCCCCCCCCCCCCCCCCCCCCCC(=O)OC(COC(=O)CCCCCCCCCCCCCCC)COP(=O)(O)OCCN. The third-order valence-corrected chi connectivity index (χ3v) is 13.0. The van der Waals surface area contributed by atoms with E-state index in [1.807, 2.05) is 0 Å². The van der Waals surface area contributed by atoms with Crippen LogP contribution in [0.2, 0.25) is 0 Å². The van der Waals surface area contributed by atoms with E-state index in [9.17, 15) is 19.0 Å². The number of nitrogens with two attached hydrogens (primary N) is 1. The number of unbranched alkanes of at least 4 members (excludes halogenated alkanes) is 38. The number of phosphoric acid groups is 1. The number of ether oxygens (including phenoxy) is 2. The molecule has 0 bridgehead atoms. The fraction of sp³-hybridized carbons (Fsp3) is 0.961. The third kappa shape index (κ3) is 48.3. The van der Waals surface area contributed by atoms with Gasteiger partial charge in [-0.25, -0.2) is 4.57 Å². The summed E-state index contributed by atoms with van der Waals surface area (Å²) in [5, 5.41) is 0. The number of hydrogen-bond acceptors (Lipinski definition) is 8. The first-order valence-electron chi connectivity index (χ1n) is 26.5. The van der Waals surface area contributed by atoms with E-state index in [2.05, 4.69) is 13.8 Å². The molecule has 10 heteroatoms. The Morgan fingerprint density at radius 1 is 0.426 bits per heavy atom. The maximum absolute atomic E-state index is 12.6. The van der Waals surface area contributed by atoms with Crippen LogP contribution in [0.3, 0.4) is 0 Å². The Bertz CT molecular complexity index is 969. The normalized spacial score (nSPS) is 13.0. The molecule has 0 aliphatic heterocycles. The van der Waals surface area contributed by atoms with E-state index in [0.29, 0.717) is 6.42 Å². The van der Waals surface area contributed by atoms with Gasteiger partial charge in [0, 0.05) is 19.4 Å². The highest BCUT2D eigenvalue weighted by Gasteiger charge is 2.26. The maximum Gasteiger partial charge on any atom is 0.472 e. The Hall–Kier alpha value is -0.990. The first-order chi connectivity index (χ1) is 29.8. The van der Waals surface area contributed by atoms with E-state index < -0.39 is 26.5 Å². The Kier molecular flexibility index (Phi) is 47.7. The quantitative estimate of drug-likeness (QED) is 0.0348. The second-order valence-electron chi connectivity index (χ2n) is 18.1. The Morgan fingerprint density at radius 2 is 0.705 bits per heavy atom. The zero-order valence-corrected chi connectivity index (χ0v) is 41.3. The minimum atomic E-state index is -4.37. The smallest absolute Gasteiger partial charge is 0.462 e. The van der Waals surface area contributed by atoms with Gasteiger partial charge in [-0.05, 0) is 12.8 Å². The summed E-state index contributed by atoms with van der Waals surface area (Å²) in [6.45, 7) is 3.80. The zero-order valence-electron chi connectivity index (χ0n) is 40.4. The van der Waals surface area contributed by atoms with Crippen molar-refractivity contribution in [3.63, 3.8) is 0 Å². The maximum atomic E-state index is 12.6. The molecule has 3 N–H and O–H groups in total. The lowest BCUT2D eigenvalue weighted by molar-refractivity contribution is -0.161. The molecule has 0 saturated heterocycles. The number of rotatable bonds is 51. The number of hydrogen-bond donors (Lipinski definition) is 2. The minimum Gasteiger partial charge on any atom is -0.462 e. The summed E-state index contributed by atoms with van der Waals surface area (Å²) in [4.78, 5) is 35.0. The van der Waals surface area contributed by atoms with Crippen molar-refractivity contribution in [3.8, 4) is 0 Å². The fourth-order valence-electron chi connectivity index (χ4n) is 8.05. The Morgan fingerprint density at radius 3 is 1.00 bits per heavy atom. The average Bonchev–Trinajstić information content (AvgIpc) is 3.25. The average molecular weight is 888 g/mol. The van der Waals surface area contributed by atoms with Gasteiger partial charge in [0.15, 0.2) is 6.10 Å². The first-order valence-corrected chi connectivity index (χ1v) is 28.0. The molecule has 0 fully saturated rings. The number of esters is 2. The van der Waals surface area contributed by atoms with Gasteiger partial charge in [-0.2, -0.15) is 0 Å². The van der Waals surface area contributed by atoms with Crippen molar-refractivity contribution in [1.82, 2.24) is 0 Å². The van der Waals surface area contributed by atoms with Gasteiger partial charge < -0.3 is 20.1 Å². The van der Waals surface area contributed by atoms with Gasteiger partial charge >= 0.3 is 19.8 Å². The molecule has 0 rings (SSSR count). The highest BCUT2D eigenvalue weighted by molar-refractivity contribution is 7.47. The van der Waals surface area contributed by atoms with Crippen LogP contribution in [0.5, 0.6) is 0 Å². The van der Waals surface area contributed by atoms with Crippen LogP contribution >= 0.6 is 7.82 Å². The van der Waals surface area contributed by atoms with Crippen molar-refractivity contribution in [2.75, 3.05) is 26.4 Å². The molecule has 0 radical (unpaired) electrons. The van der Waals surface area contributed by atoms with Crippen molar-refractivity contribution < 1.29 is 37.6 Å². The molecule has 0 aromatic rings. The van der Waals surface area contributed by atoms with Gasteiger partial charge in [0.1, 0.15) is 6.61 Å². The van der Waals surface area contributed by atoms with Crippen molar-refractivity contribution in [3.05, 3.63) is 0 Å². The van der Waals surface area contributed by atoms with Crippen molar-refractivity contribution in [1.29, 1.82) is 0 Å². The molecule has 0 aliphatic carbocycles. The standard InChI is InChI=1S/C51H102NO8P/c1-3-5-7-9-11-13-15-17-18-19-20-21-22-23-24-25-26-27-28-29-30-32-34-36-38-40-42-44-51(54)60-49(48-59-61(55,56)58-46-45-52)47-57-50(53)43-41-39-37-35-33-31-16-14-12-10-8-6-4-2/h49H,3-48,52H2,1-2H3,(H,55,56). The predicted octanol–water partition coefficient (Wildman–Crippen LogP) is 16.0. The second kappa shape index (κ2) is 48.5. The summed E-state index contributed by atoms with van der Waals surface area (Å²) in [6.07, 6.45) is 51.6. The van der Waals surface area contributed by atoms with Gasteiger partial charge in [-0.3, -0.25) is 18.6 Å². The molecule has 9 nitrogen and oxygen atoms in total. The van der Waals surface area contributed by atoms with E-state index in [-0.39, 0.29) is 38.6 Å². The summed E-state index contributed by atoms with van der Waals surface area (Å²) < 4.78 is 32.9. The van der Waals surface area contributed by atoms with Gasteiger partial charge in [0.05, 0.1) is 13.2 Å². The summed E-state index contributed by atoms with van der Waals surface area (Å²) in [5.41, 5.74) is 5.37. The second-order valence-corrected chi connectivity index (χ2v) is 19.6. The lowest BCUT2D eigenvalue weighted by Gasteiger charge is -2.19. The number of carbonyl (C=O) groups excluding carboxylic acids is 2. The van der Waals surface area contributed by atoms with Crippen LogP contribution in [0.15, 0.2) is 0 Å². The van der Waals surface area contributed by atoms with E-state index in [1.165, 1.54) is 218 Å². The lowest BCUT2D eigenvalue weighted by atomic mass is 10.0. The lowest BCUT2D eigenvalue weighted by Crippen LogP contribution is -2.29. The summed E-state index contributed by atoms with van der Waals surface area (Å²) in [6, 6.07) is 0. The summed E-state index contributed by atoms with van der Waals surface area (Å²) in [5.74, 6) is -0.808. The Balaban J connectivity index is 3.88. The Labute approximate surface area is 377 Å². The van der Waals surface area contributed by atoms with Crippen molar-refractivity contribution in [2.24, 2.45) is 5.73 Å². The van der Waals surface area contributed by atoms with E-state index in [1.54, 1.807) is 0 Å². The molecule has 2 unspecified atom stereocenters. The van der Waals surface area contributed by atoms with Crippen LogP contribution in [-0.4, -0.2) is 49.3 Å². The molecule has 0 aromatic carbocycles. The molecule has 0 aliphatic rings. The molecule has 2 atom stereocenters. The highest BCUT2D eigenvalue weighted by atomic mass is 31.2. The van der Waals surface area contributed by atoms with Gasteiger partial charge in [0.2, 0.25) is 0 Å². The van der Waals surface area contributed by atoms with Crippen LogP contribution in [0.4, 0.5) is 0 Å². The van der Waals surface area contributed by atoms with Crippen molar-refractivity contribution in [2.45, 2.75) is 290 Å². The molecule has 364 valence electrons. The van der Waals surface area contributed by atoms with Crippen LogP contribution in [0.25, 0.3) is 0 Å². The monoisotopic (exact) mass is 888 g/mol. The topological polar surface area (TPSA) is 134 Å². The number of carbonyl (C=O) groups is 2. The van der Waals surface area contributed by atoms with Crippen LogP contribution in [0, 0.1) is 0 Å². The third-order valence-electron chi connectivity index (χ3n) is 12.0. The molecule has 0 amide bonds. The highest BCUT2D eigenvalue weighted by Crippen LogP contribution is 2.43. The van der Waals surface area contributed by atoms with Gasteiger partial charge in [-0.15, -0.1) is 0 Å². The van der Waals surface area contributed by atoms with E-state index in [4.69, 9.17) is 24.3 Å². The van der Waals surface area contributed by atoms with Gasteiger partial charge in [0.25, 0.3) is 0 Å². The molecular formula is C51H102NO8P. The van der Waals surface area contributed by atoms with E-state index in [0.717, 1.165) is 32.1 Å². The number of phosphoric ester groups is 1. The van der Waals surface area contributed by atoms with Gasteiger partial charge in [-0.1, -0.05) is 258 Å². The molecule has 61 heavy (non-hydrogen) atoms. The van der Waals surface area contributed by atoms with Crippen molar-refractivity contribution >= 4 is 19.8 Å². The van der Waals surface area contributed by atoms with Crippen LogP contribution in [-0.2, 0) is 32.7 Å². The van der Waals surface area contributed by atoms with Crippen LogP contribution in [0.1, 0.15) is 284 Å². The zero-order chi connectivity index (χ0) is 44.6. The first kappa shape index (κ1) is 60.0. The molecule has 0 heterocycles. The molecule has 0 spiro atoms. The molecular weight excluding hydrogens is 786 g/mol. The predicted molar refractivity (Wildman–Crippen MR) is 257 cm³/mol. The van der Waals surface area contributed by atoms with Crippen LogP contribution < -0.4 is 5.73 Å². The molecule has 0 saturated carbocycles. The molecule has 0 aromatic heterocycles. The minimum absolute atomic E-state index is 0.0583. The van der Waals surface area contributed by atoms with E-state index >= 15 is 0 Å². The summed E-state index contributed by atoms with van der Waals surface area (Å²) >= 11 is 0. The largest absolute Gasteiger partial charge is 0.472 e.